The van der Waals surface area contributed by atoms with Crippen LogP contribution in [0.25, 0.3) is 0 Å². The van der Waals surface area contributed by atoms with Gasteiger partial charge in [0.25, 0.3) is 5.69 Å². The molecule has 0 aliphatic heterocycles. The first-order chi connectivity index (χ1) is 10.1. The number of hydrogen-bond acceptors (Lipinski definition) is 3. The number of rotatable bonds is 3. The molecule has 0 saturated carbocycles. The maximum Gasteiger partial charge on any atom is 0.269 e. The summed E-state index contributed by atoms with van der Waals surface area (Å²) >= 11 is 0. The van der Waals surface area contributed by atoms with Crippen molar-refractivity contribution in [2.75, 3.05) is 5.32 Å². The molecule has 1 aliphatic carbocycles. The molecule has 0 bridgehead atoms. The smallest absolute Gasteiger partial charge is 0.269 e. The molecule has 5 nitrogen and oxygen atoms in total. The van der Waals surface area contributed by atoms with Crippen LogP contribution >= 0.6 is 0 Å². The minimum Gasteiger partial charge on any atom is -0.378 e. The first kappa shape index (κ1) is 13.7. The van der Waals surface area contributed by atoms with E-state index in [0.29, 0.717) is 0 Å². The Kier molecular flexibility index (Phi) is 3.41. The van der Waals surface area contributed by atoms with Gasteiger partial charge in [-0.25, -0.2) is 0 Å². The number of benzene rings is 1. The number of anilines is 1. The zero-order valence-corrected chi connectivity index (χ0v) is 12.3. The van der Waals surface area contributed by atoms with Gasteiger partial charge in [0.15, 0.2) is 0 Å². The van der Waals surface area contributed by atoms with E-state index in [1.807, 2.05) is 0 Å². The van der Waals surface area contributed by atoms with E-state index >= 15 is 0 Å². The molecule has 1 aromatic heterocycles. The third kappa shape index (κ3) is 2.51. The molecule has 1 aromatic carbocycles. The fraction of sp³-hybridized carbons (Fsp3) is 0.375. The van der Waals surface area contributed by atoms with E-state index < -0.39 is 0 Å². The highest BCUT2D eigenvalue weighted by Gasteiger charge is 2.23. The highest BCUT2D eigenvalue weighted by Crippen LogP contribution is 2.34. The number of nitro benzene ring substituents is 1. The lowest BCUT2D eigenvalue weighted by Gasteiger charge is -2.25. The van der Waals surface area contributed by atoms with E-state index in [2.05, 4.69) is 29.9 Å². The maximum absolute atomic E-state index is 10.7. The van der Waals surface area contributed by atoms with Crippen molar-refractivity contribution in [3.8, 4) is 0 Å². The Morgan fingerprint density at radius 1 is 1.33 bits per heavy atom. The number of aromatic nitrogens is 1. The van der Waals surface area contributed by atoms with E-state index in [4.69, 9.17) is 0 Å². The van der Waals surface area contributed by atoms with Crippen molar-refractivity contribution < 1.29 is 4.92 Å². The second-order valence-electron chi connectivity index (χ2n) is 5.64. The molecule has 1 atom stereocenters. The van der Waals surface area contributed by atoms with Crippen molar-refractivity contribution in [1.29, 1.82) is 0 Å². The second kappa shape index (κ2) is 5.24. The van der Waals surface area contributed by atoms with E-state index in [1.165, 1.54) is 17.0 Å². The van der Waals surface area contributed by atoms with Gasteiger partial charge in [0.1, 0.15) is 0 Å². The number of nitrogens with zero attached hydrogens (tertiary/aromatic N) is 2. The molecule has 0 radical (unpaired) electrons. The van der Waals surface area contributed by atoms with Crippen LogP contribution in [0, 0.1) is 17.0 Å². The van der Waals surface area contributed by atoms with Gasteiger partial charge in [-0.3, -0.25) is 10.1 Å². The SMILES string of the molecule is Cc1cc2c(n1C)CCCC2Nc1ccc([N+](=O)[O-])cc1. The van der Waals surface area contributed by atoms with Crippen molar-refractivity contribution in [2.24, 2.45) is 7.05 Å². The van der Waals surface area contributed by atoms with Gasteiger partial charge >= 0.3 is 0 Å². The lowest BCUT2D eigenvalue weighted by molar-refractivity contribution is -0.384. The highest BCUT2D eigenvalue weighted by atomic mass is 16.6. The number of aryl methyl sites for hydroxylation is 1. The quantitative estimate of drug-likeness (QED) is 0.690. The second-order valence-corrected chi connectivity index (χ2v) is 5.64. The summed E-state index contributed by atoms with van der Waals surface area (Å²) in [4.78, 5) is 10.3. The van der Waals surface area contributed by atoms with Gasteiger partial charge < -0.3 is 9.88 Å². The van der Waals surface area contributed by atoms with Crippen LogP contribution in [0.5, 0.6) is 0 Å². The first-order valence-corrected chi connectivity index (χ1v) is 7.22. The van der Waals surface area contributed by atoms with Crippen molar-refractivity contribution in [3.63, 3.8) is 0 Å². The van der Waals surface area contributed by atoms with Crippen LogP contribution in [0.15, 0.2) is 30.3 Å². The molecule has 1 heterocycles. The zero-order chi connectivity index (χ0) is 15.0. The predicted molar refractivity (Wildman–Crippen MR) is 82.5 cm³/mol. The molecule has 0 fully saturated rings. The van der Waals surface area contributed by atoms with Crippen molar-refractivity contribution in [3.05, 3.63) is 57.4 Å². The molecule has 0 saturated heterocycles. The van der Waals surface area contributed by atoms with Crippen molar-refractivity contribution >= 4 is 11.4 Å². The Morgan fingerprint density at radius 3 is 2.71 bits per heavy atom. The van der Waals surface area contributed by atoms with Gasteiger partial charge in [-0.2, -0.15) is 0 Å². The van der Waals surface area contributed by atoms with Crippen LogP contribution in [-0.2, 0) is 13.5 Å². The molecule has 110 valence electrons. The summed E-state index contributed by atoms with van der Waals surface area (Å²) in [5.74, 6) is 0. The average Bonchev–Trinajstić information content (AvgIpc) is 2.77. The third-order valence-corrected chi connectivity index (χ3v) is 4.33. The molecular formula is C16H19N3O2. The zero-order valence-electron chi connectivity index (χ0n) is 12.3. The summed E-state index contributed by atoms with van der Waals surface area (Å²) in [5, 5.41) is 14.2. The van der Waals surface area contributed by atoms with Gasteiger partial charge in [0, 0.05) is 36.3 Å². The summed E-state index contributed by atoms with van der Waals surface area (Å²) in [6, 6.07) is 9.18. The van der Waals surface area contributed by atoms with Gasteiger partial charge in [0.05, 0.1) is 11.0 Å². The molecule has 1 unspecified atom stereocenters. The summed E-state index contributed by atoms with van der Waals surface area (Å²) in [6.07, 6.45) is 3.38. The lowest BCUT2D eigenvalue weighted by atomic mass is 9.92. The van der Waals surface area contributed by atoms with E-state index in [9.17, 15) is 10.1 Å². The normalized spacial score (nSPS) is 17.3. The summed E-state index contributed by atoms with van der Waals surface area (Å²) in [7, 11) is 2.11. The summed E-state index contributed by atoms with van der Waals surface area (Å²) in [5.41, 5.74) is 5.09. The van der Waals surface area contributed by atoms with Gasteiger partial charge in [0.2, 0.25) is 0 Å². The van der Waals surface area contributed by atoms with Crippen LogP contribution in [0.1, 0.15) is 35.8 Å². The monoisotopic (exact) mass is 285 g/mol. The van der Waals surface area contributed by atoms with Crippen LogP contribution < -0.4 is 5.32 Å². The Morgan fingerprint density at radius 2 is 2.05 bits per heavy atom. The van der Waals surface area contributed by atoms with Crippen molar-refractivity contribution in [2.45, 2.75) is 32.2 Å². The Labute approximate surface area is 123 Å². The van der Waals surface area contributed by atoms with Gasteiger partial charge in [-0.1, -0.05) is 0 Å². The number of non-ortho nitro benzene ring substituents is 1. The van der Waals surface area contributed by atoms with Crippen molar-refractivity contribution in [1.82, 2.24) is 4.57 Å². The highest BCUT2D eigenvalue weighted by molar-refractivity contribution is 5.51. The van der Waals surface area contributed by atoms with Crippen LogP contribution in [-0.4, -0.2) is 9.49 Å². The Balaban J connectivity index is 1.83. The minimum absolute atomic E-state index is 0.125. The summed E-state index contributed by atoms with van der Waals surface area (Å²) in [6.45, 7) is 2.13. The fourth-order valence-electron chi connectivity index (χ4n) is 3.09. The fourth-order valence-corrected chi connectivity index (χ4v) is 3.09. The molecule has 3 rings (SSSR count). The predicted octanol–water partition coefficient (Wildman–Crippen LogP) is 3.73. The largest absolute Gasteiger partial charge is 0.378 e. The van der Waals surface area contributed by atoms with Crippen LogP contribution in [0.3, 0.4) is 0 Å². The molecular weight excluding hydrogens is 266 g/mol. The molecule has 1 N–H and O–H groups in total. The number of fused-ring (bicyclic) bond motifs is 1. The van der Waals surface area contributed by atoms with E-state index in [-0.39, 0.29) is 16.7 Å². The van der Waals surface area contributed by atoms with E-state index in [0.717, 1.165) is 24.9 Å². The molecule has 1 aliphatic rings. The molecule has 5 heteroatoms. The summed E-state index contributed by atoms with van der Waals surface area (Å²) < 4.78 is 2.26. The Hall–Kier alpha value is -2.30. The number of hydrogen-bond donors (Lipinski definition) is 1. The van der Waals surface area contributed by atoms with Crippen LogP contribution in [0.4, 0.5) is 11.4 Å². The lowest BCUT2D eigenvalue weighted by Crippen LogP contribution is -2.17. The first-order valence-electron chi connectivity index (χ1n) is 7.22. The van der Waals surface area contributed by atoms with Gasteiger partial charge in [-0.05, 0) is 49.9 Å². The molecule has 0 spiro atoms. The number of nitrogens with one attached hydrogen (secondary N) is 1. The van der Waals surface area contributed by atoms with Gasteiger partial charge in [-0.15, -0.1) is 0 Å². The average molecular weight is 285 g/mol. The Bertz CT molecular complexity index is 674. The minimum atomic E-state index is -0.372. The maximum atomic E-state index is 10.7. The standard InChI is InChI=1S/C16H19N3O2/c1-11-10-14-15(4-3-5-16(14)18(11)2)17-12-6-8-13(9-7-12)19(20)21/h6-10,15,17H,3-5H2,1-2H3. The molecule has 21 heavy (non-hydrogen) atoms. The molecule has 2 aromatic rings. The van der Waals surface area contributed by atoms with E-state index in [1.54, 1.807) is 24.3 Å². The molecule has 0 amide bonds. The number of nitro groups is 1. The topological polar surface area (TPSA) is 60.1 Å². The van der Waals surface area contributed by atoms with Crippen LogP contribution in [0.2, 0.25) is 0 Å². The third-order valence-electron chi connectivity index (χ3n) is 4.33.